The van der Waals surface area contributed by atoms with Crippen LogP contribution in [0.5, 0.6) is 0 Å². The van der Waals surface area contributed by atoms with E-state index in [1.807, 2.05) is 194 Å². The Bertz CT molecular complexity index is 5470. The third-order valence-electron chi connectivity index (χ3n) is 17.4. The summed E-state index contributed by atoms with van der Waals surface area (Å²) in [6.07, 6.45) is 6.70. The van der Waals surface area contributed by atoms with Gasteiger partial charge >= 0.3 is 0 Å². The molecule has 1 unspecified atom stereocenters. The minimum atomic E-state index is 0.345. The molecule has 12 nitrogen and oxygen atoms in total. The van der Waals surface area contributed by atoms with Crippen LogP contribution in [0.4, 0.5) is 5.69 Å². The Morgan fingerprint density at radius 2 is 0.720 bits per heavy atom. The molecule has 0 amide bonds. The summed E-state index contributed by atoms with van der Waals surface area (Å²) in [5.74, 6) is 2.73. The molecule has 0 bridgehead atoms. The van der Waals surface area contributed by atoms with Crippen LogP contribution in [0.3, 0.4) is 0 Å². The van der Waals surface area contributed by atoms with Crippen LogP contribution in [0.1, 0.15) is 64.2 Å². The quantitative estimate of drug-likeness (QED) is 0.165. The lowest BCUT2D eigenvalue weighted by Gasteiger charge is -2.12. The van der Waals surface area contributed by atoms with Crippen LogP contribution in [0.15, 0.2) is 352 Å². The minimum absolute atomic E-state index is 0.345. The van der Waals surface area contributed by atoms with Gasteiger partial charge in [-0.1, -0.05) is 267 Å². The first-order valence-corrected chi connectivity index (χ1v) is 35.6. The zero-order valence-corrected chi connectivity index (χ0v) is 61.4. The highest BCUT2D eigenvalue weighted by molar-refractivity contribution is 5.99. The van der Waals surface area contributed by atoms with E-state index in [0.717, 1.165) is 95.7 Å². The van der Waals surface area contributed by atoms with Crippen molar-refractivity contribution >= 4 is 76.6 Å². The molecule has 0 radical (unpaired) electrons. The van der Waals surface area contributed by atoms with Crippen molar-refractivity contribution < 1.29 is 0 Å². The molecule has 0 aliphatic carbocycles. The van der Waals surface area contributed by atoms with E-state index in [-0.39, 0.29) is 0 Å². The fourth-order valence-corrected chi connectivity index (χ4v) is 12.4. The molecule has 0 saturated carbocycles. The fourth-order valence-electron chi connectivity index (χ4n) is 12.4. The van der Waals surface area contributed by atoms with Gasteiger partial charge in [0, 0.05) is 90.2 Å². The summed E-state index contributed by atoms with van der Waals surface area (Å²) in [6, 6.07) is 110. The molecule has 0 N–H and O–H groups in total. The topological polar surface area (TPSA) is 154 Å². The molecule has 0 spiro atoms. The van der Waals surface area contributed by atoms with Crippen molar-refractivity contribution in [3.63, 3.8) is 0 Å². The first-order chi connectivity index (χ1) is 52.4. The molecule has 0 saturated heterocycles. The van der Waals surface area contributed by atoms with Crippen molar-refractivity contribution in [3.8, 4) is 33.6 Å². The number of fused-ring (bicyclic) bond motifs is 7. The normalized spacial score (nSPS) is 11.5. The average molecular weight is 1390 g/mol. The second kappa shape index (κ2) is 36.5. The van der Waals surface area contributed by atoms with E-state index in [9.17, 15) is 0 Å². The maximum atomic E-state index is 4.67. The molecular formula is C95H82N12. The Hall–Kier alpha value is -13.6. The highest BCUT2D eigenvalue weighted by atomic mass is 15.0. The van der Waals surface area contributed by atoms with Gasteiger partial charge in [-0.15, -0.1) is 0 Å². The molecule has 7 aromatic heterocycles. The second-order valence-electron chi connectivity index (χ2n) is 25.5. The van der Waals surface area contributed by atoms with Gasteiger partial charge in [0.15, 0.2) is 0 Å². The Balaban J connectivity index is 0.000000116. The van der Waals surface area contributed by atoms with Crippen molar-refractivity contribution in [2.75, 3.05) is 0 Å². The maximum absolute atomic E-state index is 4.67. The Kier molecular flexibility index (Phi) is 25.0. The summed E-state index contributed by atoms with van der Waals surface area (Å²) in [6.45, 7) is 15.8. The van der Waals surface area contributed by atoms with Gasteiger partial charge in [0.2, 0.25) is 0 Å². The molecule has 19 rings (SSSR count). The van der Waals surface area contributed by atoms with Gasteiger partial charge in [-0.25, -0.2) is 34.9 Å². The summed E-state index contributed by atoms with van der Waals surface area (Å²) in [5, 5.41) is 9.55. The van der Waals surface area contributed by atoms with Crippen LogP contribution in [-0.4, -0.2) is 60.5 Å². The van der Waals surface area contributed by atoms with Gasteiger partial charge in [-0.05, 0) is 143 Å². The summed E-state index contributed by atoms with van der Waals surface area (Å²) < 4.78 is 0. The number of benzene rings is 11. The van der Waals surface area contributed by atoms with Gasteiger partial charge in [0.1, 0.15) is 30.1 Å². The third-order valence-corrected chi connectivity index (χ3v) is 17.4. The number of aromatic nitrogens is 11. The second-order valence-corrected chi connectivity index (χ2v) is 25.5. The van der Waals surface area contributed by atoms with E-state index >= 15 is 0 Å². The largest absolute Gasteiger partial charge is 0.261 e. The van der Waals surface area contributed by atoms with E-state index in [1.54, 1.807) is 0 Å². The van der Waals surface area contributed by atoms with E-state index in [0.29, 0.717) is 5.92 Å². The van der Waals surface area contributed by atoms with Crippen LogP contribution >= 0.6 is 0 Å². The highest BCUT2D eigenvalue weighted by Crippen LogP contribution is 2.39. The predicted octanol–water partition coefficient (Wildman–Crippen LogP) is 23.2. The highest BCUT2D eigenvalue weighted by Gasteiger charge is 2.25. The number of rotatable bonds is 4. The molecule has 11 aromatic carbocycles. The van der Waals surface area contributed by atoms with Crippen LogP contribution in [0, 0.1) is 48.5 Å². The third kappa shape index (κ3) is 20.0. The average Bonchev–Trinajstić information content (AvgIpc) is 1.72. The molecule has 1 aliphatic rings. The van der Waals surface area contributed by atoms with Gasteiger partial charge in [-0.3, -0.25) is 24.9 Å². The SMILES string of the molecule is CC1=Nc2ccccc2C1c1ccccc1.Cc1cc(-c2ccccc2)c2ccccc2n1.Cc1cc2ccccc2c(-c2ccccc2)n1.Cc1cc2ccccc2cn1.Cc1ccc2ccccc2n1.Cc1nc(-c2ccccc2)c2ccccc2n1.Cc1ncc2ccccc2n1.Cc1ncncn1. The number of hydrogen-bond donors (Lipinski definition) is 0. The Labute approximate surface area is 625 Å². The zero-order chi connectivity index (χ0) is 74.1. The zero-order valence-electron chi connectivity index (χ0n) is 61.4. The molecule has 18 aromatic rings. The van der Waals surface area contributed by atoms with Crippen LogP contribution < -0.4 is 0 Å². The van der Waals surface area contributed by atoms with E-state index in [1.165, 1.54) is 78.5 Å². The number of hydrogen-bond acceptors (Lipinski definition) is 12. The van der Waals surface area contributed by atoms with Crippen molar-refractivity contribution in [3.05, 3.63) is 398 Å². The number of aryl methyl sites for hydroxylation is 7. The van der Waals surface area contributed by atoms with Crippen LogP contribution in [0.2, 0.25) is 0 Å². The standard InChI is InChI=1S/2C16H13N.C15H12N2.C15H13N.2C10H9N.C9H8N2.C4H5N3/c1-12-11-15(13-7-3-2-4-8-13)14-9-5-6-10-16(14)17-12;1-12-11-14-9-5-6-10-15(14)16(17-12)13-7-3-2-4-8-13;1-11-16-14-10-6-5-9-13(14)15(17-11)12-7-3-2-4-8-12;1-11-15(12-7-3-2-4-8-12)13-9-5-6-10-14(13)16-11;1-8-6-9-4-2-3-5-10(9)7-11-8;1-8-6-7-9-4-2-3-5-10(9)11-8;1-7-10-6-8-4-2-3-5-9(8)11-7;1-4-6-2-5-3-7-4/h2*2-11H,1H3;2-10H,1H3;2-10,15H,1H3;2*2-7H,1H3;2-6H,1H3;2-3H,1H3. The van der Waals surface area contributed by atoms with Crippen LogP contribution in [0.25, 0.3) is 98.8 Å². The van der Waals surface area contributed by atoms with Gasteiger partial charge < -0.3 is 0 Å². The Morgan fingerprint density at radius 3 is 1.36 bits per heavy atom. The van der Waals surface area contributed by atoms with E-state index in [2.05, 4.69) is 255 Å². The smallest absolute Gasteiger partial charge is 0.128 e. The molecule has 522 valence electrons. The molecule has 12 heteroatoms. The monoisotopic (exact) mass is 1390 g/mol. The first kappa shape index (κ1) is 73.2. The lowest BCUT2D eigenvalue weighted by Crippen LogP contribution is -2.05. The predicted molar refractivity (Wildman–Crippen MR) is 443 cm³/mol. The molecule has 1 aliphatic heterocycles. The number of aliphatic imine (C=N–C) groups is 1. The van der Waals surface area contributed by atoms with Crippen molar-refractivity contribution in [2.45, 2.75) is 61.3 Å². The first-order valence-electron chi connectivity index (χ1n) is 35.6. The Morgan fingerprint density at radius 1 is 0.262 bits per heavy atom. The summed E-state index contributed by atoms with van der Waals surface area (Å²) in [7, 11) is 0. The van der Waals surface area contributed by atoms with Gasteiger partial charge in [0.05, 0.1) is 39.1 Å². The van der Waals surface area contributed by atoms with Crippen LogP contribution in [-0.2, 0) is 0 Å². The molecule has 8 heterocycles. The lowest BCUT2D eigenvalue weighted by atomic mass is 9.89. The fraction of sp³-hybridized carbons (Fsp3) is 0.0947. The molecule has 1 atom stereocenters. The van der Waals surface area contributed by atoms with Crippen molar-refractivity contribution in [1.29, 1.82) is 0 Å². The van der Waals surface area contributed by atoms with E-state index in [4.69, 9.17) is 0 Å². The number of para-hydroxylation sites is 5. The lowest BCUT2D eigenvalue weighted by molar-refractivity contribution is 0.974. The minimum Gasteiger partial charge on any atom is -0.261 e. The summed E-state index contributed by atoms with van der Waals surface area (Å²) in [4.78, 5) is 51.0. The van der Waals surface area contributed by atoms with Crippen molar-refractivity contribution in [2.24, 2.45) is 4.99 Å². The van der Waals surface area contributed by atoms with Crippen molar-refractivity contribution in [1.82, 2.24) is 54.8 Å². The van der Waals surface area contributed by atoms with Gasteiger partial charge in [-0.2, -0.15) is 0 Å². The molecule has 107 heavy (non-hydrogen) atoms. The summed E-state index contributed by atoms with van der Waals surface area (Å²) >= 11 is 0. The van der Waals surface area contributed by atoms with Gasteiger partial charge in [0.25, 0.3) is 0 Å². The molecule has 0 fully saturated rings. The number of nitrogens with zero attached hydrogens (tertiary/aromatic N) is 12. The maximum Gasteiger partial charge on any atom is 0.128 e. The summed E-state index contributed by atoms with van der Waals surface area (Å²) in [5.41, 5.74) is 20.3. The number of pyridine rings is 4. The van der Waals surface area contributed by atoms with E-state index < -0.39 is 0 Å². The molecular weight excluding hydrogens is 1310 g/mol.